The summed E-state index contributed by atoms with van der Waals surface area (Å²) in [6.07, 6.45) is 1.33. The molecular weight excluding hydrogens is 384 g/mol. The van der Waals surface area contributed by atoms with Crippen LogP contribution in [0.15, 0.2) is 60.7 Å². The van der Waals surface area contributed by atoms with Gasteiger partial charge in [-0.15, -0.1) is 0 Å². The van der Waals surface area contributed by atoms with Crippen molar-refractivity contribution in [1.82, 2.24) is 0 Å². The molecule has 152 valence electrons. The molecule has 1 fully saturated rings. The van der Waals surface area contributed by atoms with Gasteiger partial charge in [0.25, 0.3) is 5.91 Å². The molecule has 0 bridgehead atoms. The number of carbonyl (C=O) groups excluding carboxylic acids is 3. The van der Waals surface area contributed by atoms with Crippen molar-refractivity contribution in [2.24, 2.45) is 0 Å². The van der Waals surface area contributed by atoms with Crippen LogP contribution in [0.5, 0.6) is 5.75 Å². The van der Waals surface area contributed by atoms with E-state index < -0.39 is 18.5 Å². The van der Waals surface area contributed by atoms with Crippen LogP contribution in [0, 0.1) is 0 Å². The summed E-state index contributed by atoms with van der Waals surface area (Å²) in [7, 11) is 0. The van der Waals surface area contributed by atoms with Crippen LogP contribution in [-0.4, -0.2) is 36.0 Å². The second-order valence-corrected chi connectivity index (χ2v) is 7.04. The molecular formula is C23H20N2O5. The second-order valence-electron chi connectivity index (χ2n) is 7.04. The number of phenolic OH excluding ortho intramolecular Hbond substituents is 1. The van der Waals surface area contributed by atoms with Crippen LogP contribution >= 0.6 is 0 Å². The summed E-state index contributed by atoms with van der Waals surface area (Å²) < 4.78 is 5.06. The van der Waals surface area contributed by atoms with E-state index in [1.807, 2.05) is 24.3 Å². The number of benzene rings is 3. The molecule has 3 aromatic carbocycles. The van der Waals surface area contributed by atoms with Crippen LogP contribution in [0.3, 0.4) is 0 Å². The highest BCUT2D eigenvalue weighted by atomic mass is 16.5. The fourth-order valence-corrected chi connectivity index (χ4v) is 3.47. The minimum absolute atomic E-state index is 0.00366. The van der Waals surface area contributed by atoms with Gasteiger partial charge in [-0.2, -0.15) is 0 Å². The molecule has 0 unspecified atom stereocenters. The van der Waals surface area contributed by atoms with Crippen molar-refractivity contribution in [1.29, 1.82) is 0 Å². The molecule has 0 radical (unpaired) electrons. The van der Waals surface area contributed by atoms with Crippen molar-refractivity contribution in [3.8, 4) is 5.75 Å². The van der Waals surface area contributed by atoms with Crippen LogP contribution in [0.4, 0.5) is 11.4 Å². The number of esters is 1. The summed E-state index contributed by atoms with van der Waals surface area (Å²) >= 11 is 0. The van der Waals surface area contributed by atoms with Crippen molar-refractivity contribution in [3.63, 3.8) is 0 Å². The Balaban J connectivity index is 1.39. The molecule has 2 amide bonds. The molecule has 4 rings (SSSR count). The molecule has 1 heterocycles. The number of nitrogens with zero attached hydrogens (tertiary/aromatic N) is 1. The van der Waals surface area contributed by atoms with Crippen molar-refractivity contribution >= 4 is 39.9 Å². The van der Waals surface area contributed by atoms with Gasteiger partial charge in [0.15, 0.2) is 6.61 Å². The number of carbonyl (C=O) groups is 3. The predicted molar refractivity (Wildman–Crippen MR) is 113 cm³/mol. The maximum atomic E-state index is 12.3. The zero-order valence-electron chi connectivity index (χ0n) is 16.1. The third-order valence-corrected chi connectivity index (χ3v) is 4.93. The van der Waals surface area contributed by atoms with Gasteiger partial charge < -0.3 is 20.1 Å². The average Bonchev–Trinajstić information content (AvgIpc) is 3.17. The minimum atomic E-state index is -0.787. The largest absolute Gasteiger partial charge is 0.507 e. The van der Waals surface area contributed by atoms with E-state index in [2.05, 4.69) is 5.32 Å². The Bertz CT molecular complexity index is 1140. The zero-order chi connectivity index (χ0) is 21.1. The molecule has 0 saturated carbocycles. The van der Waals surface area contributed by atoms with Crippen LogP contribution < -0.4 is 10.2 Å². The van der Waals surface area contributed by atoms with Crippen molar-refractivity contribution in [3.05, 3.63) is 66.2 Å². The lowest BCUT2D eigenvalue weighted by Crippen LogP contribution is -2.24. The van der Waals surface area contributed by atoms with Crippen molar-refractivity contribution in [2.75, 3.05) is 23.4 Å². The Kier molecular flexibility index (Phi) is 5.34. The Morgan fingerprint density at radius 3 is 2.53 bits per heavy atom. The van der Waals surface area contributed by atoms with Gasteiger partial charge in [-0.1, -0.05) is 30.3 Å². The molecule has 1 saturated heterocycles. The molecule has 7 heteroatoms. The quantitative estimate of drug-likeness (QED) is 0.635. The van der Waals surface area contributed by atoms with E-state index in [1.54, 1.807) is 29.2 Å². The molecule has 0 aromatic heterocycles. The maximum absolute atomic E-state index is 12.3. The first-order valence-corrected chi connectivity index (χ1v) is 9.60. The standard InChI is InChI=1S/C23H20N2O5/c26-20-12-16-6-2-1-5-15(16)11-19(20)23(29)30-14-21(27)24-17-7-3-8-18(13-17)25-10-4-9-22(25)28/h1-3,5-8,11-13,26H,4,9-10,14H2,(H,24,27). The third-order valence-electron chi connectivity index (χ3n) is 4.93. The summed E-state index contributed by atoms with van der Waals surface area (Å²) in [5.74, 6) is -1.46. The molecule has 7 nitrogen and oxygen atoms in total. The number of ether oxygens (including phenoxy) is 1. The van der Waals surface area contributed by atoms with E-state index in [9.17, 15) is 19.5 Å². The normalized spacial score (nSPS) is 13.5. The number of anilines is 2. The molecule has 0 spiro atoms. The number of hydrogen-bond acceptors (Lipinski definition) is 5. The van der Waals surface area contributed by atoms with Gasteiger partial charge in [0.2, 0.25) is 5.91 Å². The summed E-state index contributed by atoms with van der Waals surface area (Å²) in [5.41, 5.74) is 1.21. The van der Waals surface area contributed by atoms with E-state index in [4.69, 9.17) is 4.74 Å². The Hall–Kier alpha value is -3.87. The lowest BCUT2D eigenvalue weighted by atomic mass is 10.1. The van der Waals surface area contributed by atoms with Gasteiger partial charge in [-0.05, 0) is 47.5 Å². The third kappa shape index (κ3) is 4.10. The highest BCUT2D eigenvalue weighted by Gasteiger charge is 2.22. The summed E-state index contributed by atoms with van der Waals surface area (Å²) in [6, 6.07) is 17.3. The molecule has 0 aliphatic carbocycles. The van der Waals surface area contributed by atoms with E-state index in [1.165, 1.54) is 12.1 Å². The number of nitrogens with one attached hydrogen (secondary N) is 1. The SMILES string of the molecule is O=C(COC(=O)c1cc2ccccc2cc1O)Nc1cccc(N2CCCC2=O)c1. The lowest BCUT2D eigenvalue weighted by molar-refractivity contribution is -0.119. The highest BCUT2D eigenvalue weighted by molar-refractivity contribution is 6.01. The fourth-order valence-electron chi connectivity index (χ4n) is 3.47. The van der Waals surface area contributed by atoms with E-state index in [0.29, 0.717) is 24.3 Å². The maximum Gasteiger partial charge on any atom is 0.342 e. The number of amides is 2. The predicted octanol–water partition coefficient (Wildman–Crippen LogP) is 3.47. The Labute approximate surface area is 172 Å². The van der Waals surface area contributed by atoms with E-state index >= 15 is 0 Å². The van der Waals surface area contributed by atoms with Crippen LogP contribution in [0.1, 0.15) is 23.2 Å². The van der Waals surface area contributed by atoms with E-state index in [0.717, 1.165) is 17.2 Å². The smallest absolute Gasteiger partial charge is 0.342 e. The van der Waals surface area contributed by atoms with Gasteiger partial charge >= 0.3 is 5.97 Å². The lowest BCUT2D eigenvalue weighted by Gasteiger charge is -2.16. The monoisotopic (exact) mass is 404 g/mol. The highest BCUT2D eigenvalue weighted by Crippen LogP contribution is 2.26. The van der Waals surface area contributed by atoms with Crippen molar-refractivity contribution in [2.45, 2.75) is 12.8 Å². The van der Waals surface area contributed by atoms with Crippen LogP contribution in [0.2, 0.25) is 0 Å². The van der Waals surface area contributed by atoms with Gasteiger partial charge in [0, 0.05) is 24.3 Å². The summed E-state index contributed by atoms with van der Waals surface area (Å²) in [5, 5.41) is 14.3. The first kappa shape index (κ1) is 19.4. The molecule has 30 heavy (non-hydrogen) atoms. The fraction of sp³-hybridized carbons (Fsp3) is 0.174. The van der Waals surface area contributed by atoms with Crippen LogP contribution in [0.25, 0.3) is 10.8 Å². The number of hydrogen-bond donors (Lipinski definition) is 2. The first-order chi connectivity index (χ1) is 14.5. The first-order valence-electron chi connectivity index (χ1n) is 9.60. The average molecular weight is 404 g/mol. The Morgan fingerprint density at radius 2 is 1.80 bits per heavy atom. The van der Waals surface area contributed by atoms with Gasteiger partial charge in [-0.3, -0.25) is 9.59 Å². The van der Waals surface area contributed by atoms with Gasteiger partial charge in [-0.25, -0.2) is 4.79 Å². The van der Waals surface area contributed by atoms with Gasteiger partial charge in [0.05, 0.1) is 0 Å². The van der Waals surface area contributed by atoms with Crippen molar-refractivity contribution < 1.29 is 24.2 Å². The summed E-state index contributed by atoms with van der Waals surface area (Å²) in [4.78, 5) is 38.1. The summed E-state index contributed by atoms with van der Waals surface area (Å²) in [6.45, 7) is 0.154. The molecule has 1 aliphatic rings. The number of fused-ring (bicyclic) bond motifs is 1. The number of phenols is 1. The molecule has 0 atom stereocenters. The number of aromatic hydroxyl groups is 1. The zero-order valence-corrected chi connectivity index (χ0v) is 16.1. The second kappa shape index (κ2) is 8.24. The molecule has 1 aliphatic heterocycles. The van der Waals surface area contributed by atoms with Gasteiger partial charge in [0.1, 0.15) is 11.3 Å². The number of rotatable bonds is 5. The Morgan fingerprint density at radius 1 is 1.03 bits per heavy atom. The van der Waals surface area contributed by atoms with Crippen LogP contribution in [-0.2, 0) is 14.3 Å². The molecule has 3 aromatic rings. The molecule has 2 N–H and O–H groups in total. The topological polar surface area (TPSA) is 95.9 Å². The minimum Gasteiger partial charge on any atom is -0.507 e. The van der Waals surface area contributed by atoms with E-state index in [-0.39, 0.29) is 17.2 Å².